The van der Waals surface area contributed by atoms with Gasteiger partial charge in [0.25, 0.3) is 15.9 Å². The summed E-state index contributed by atoms with van der Waals surface area (Å²) < 4.78 is 27.7. The van der Waals surface area contributed by atoms with E-state index in [4.69, 9.17) is 0 Å². The minimum atomic E-state index is -3.62. The second kappa shape index (κ2) is 7.41. The molecule has 144 valence electrons. The Morgan fingerprint density at radius 2 is 1.89 bits per heavy atom. The topological polar surface area (TPSA) is 66.5 Å². The SMILES string of the molecule is Cc1ccc(S(=O)(=O)N2CCCc3cc(NC(=O)c4cccs4)ccc32)cc1. The molecule has 4 rings (SSSR count). The van der Waals surface area contributed by atoms with E-state index >= 15 is 0 Å². The van der Waals surface area contributed by atoms with Crippen LogP contribution in [0.2, 0.25) is 0 Å². The molecule has 3 aromatic rings. The second-order valence-electron chi connectivity index (χ2n) is 6.77. The standard InChI is InChI=1S/C21H20N2O3S2/c1-15-6-9-18(10-7-15)28(25,26)23-12-2-4-16-14-17(8-11-19(16)23)22-21(24)20-5-3-13-27-20/h3,5-11,13-14H,2,4,12H2,1H3,(H,22,24). The van der Waals surface area contributed by atoms with E-state index in [9.17, 15) is 13.2 Å². The van der Waals surface area contributed by atoms with Gasteiger partial charge in [-0.2, -0.15) is 0 Å². The van der Waals surface area contributed by atoms with Crippen LogP contribution in [0.1, 0.15) is 27.2 Å². The van der Waals surface area contributed by atoms with E-state index in [0.717, 1.165) is 24.0 Å². The Balaban J connectivity index is 1.63. The summed E-state index contributed by atoms with van der Waals surface area (Å²) in [6.45, 7) is 2.38. The van der Waals surface area contributed by atoms with Crippen molar-refractivity contribution in [1.82, 2.24) is 0 Å². The van der Waals surface area contributed by atoms with Gasteiger partial charge in [-0.1, -0.05) is 23.8 Å². The molecule has 1 N–H and O–H groups in total. The fourth-order valence-electron chi connectivity index (χ4n) is 3.33. The minimum Gasteiger partial charge on any atom is -0.321 e. The summed E-state index contributed by atoms with van der Waals surface area (Å²) in [6, 6.07) is 15.9. The van der Waals surface area contributed by atoms with E-state index in [-0.39, 0.29) is 5.91 Å². The maximum Gasteiger partial charge on any atom is 0.265 e. The van der Waals surface area contributed by atoms with Crippen molar-refractivity contribution in [1.29, 1.82) is 0 Å². The molecule has 0 fully saturated rings. The largest absolute Gasteiger partial charge is 0.321 e. The van der Waals surface area contributed by atoms with E-state index in [1.165, 1.54) is 15.6 Å². The van der Waals surface area contributed by atoms with Gasteiger partial charge in [-0.25, -0.2) is 8.42 Å². The average Bonchev–Trinajstić information content (AvgIpc) is 3.22. The fourth-order valence-corrected chi connectivity index (χ4v) is 5.49. The maximum absolute atomic E-state index is 13.1. The number of carbonyl (C=O) groups is 1. The Hall–Kier alpha value is -2.64. The minimum absolute atomic E-state index is 0.158. The van der Waals surface area contributed by atoms with E-state index in [1.54, 1.807) is 42.5 Å². The summed E-state index contributed by atoms with van der Waals surface area (Å²) in [7, 11) is -3.62. The van der Waals surface area contributed by atoms with Gasteiger partial charge in [0.1, 0.15) is 0 Å². The lowest BCUT2D eigenvalue weighted by atomic mass is 10.0. The normalized spacial score (nSPS) is 13.8. The van der Waals surface area contributed by atoms with Crippen molar-refractivity contribution in [2.45, 2.75) is 24.7 Å². The lowest BCUT2D eigenvalue weighted by molar-refractivity contribution is 0.103. The number of anilines is 2. The summed E-state index contributed by atoms with van der Waals surface area (Å²) in [6.07, 6.45) is 1.51. The van der Waals surface area contributed by atoms with Crippen molar-refractivity contribution in [2.24, 2.45) is 0 Å². The van der Waals surface area contributed by atoms with Crippen LogP contribution in [0.15, 0.2) is 64.9 Å². The van der Waals surface area contributed by atoms with Crippen molar-refractivity contribution < 1.29 is 13.2 Å². The van der Waals surface area contributed by atoms with Gasteiger partial charge in [0, 0.05) is 12.2 Å². The molecule has 0 atom stereocenters. The number of carbonyl (C=O) groups excluding carboxylic acids is 1. The van der Waals surface area contributed by atoms with Gasteiger partial charge in [0.15, 0.2) is 0 Å². The van der Waals surface area contributed by atoms with Crippen molar-refractivity contribution in [2.75, 3.05) is 16.2 Å². The highest BCUT2D eigenvalue weighted by atomic mass is 32.2. The van der Waals surface area contributed by atoms with Crippen molar-refractivity contribution >= 4 is 38.6 Å². The fraction of sp³-hybridized carbons (Fsp3) is 0.190. The highest BCUT2D eigenvalue weighted by molar-refractivity contribution is 7.92. The molecule has 1 aromatic heterocycles. The molecule has 2 aromatic carbocycles. The highest BCUT2D eigenvalue weighted by Crippen LogP contribution is 2.34. The Morgan fingerprint density at radius 1 is 1.11 bits per heavy atom. The van der Waals surface area contributed by atoms with Crippen LogP contribution in [0, 0.1) is 6.92 Å². The van der Waals surface area contributed by atoms with Crippen LogP contribution in [0.3, 0.4) is 0 Å². The summed E-state index contributed by atoms with van der Waals surface area (Å²) in [5, 5.41) is 4.75. The van der Waals surface area contributed by atoms with Crippen LogP contribution in [-0.4, -0.2) is 20.9 Å². The molecule has 0 unspecified atom stereocenters. The van der Waals surface area contributed by atoms with Crippen molar-refractivity contribution in [3.63, 3.8) is 0 Å². The van der Waals surface area contributed by atoms with E-state index in [2.05, 4.69) is 5.32 Å². The quantitative estimate of drug-likeness (QED) is 0.688. The van der Waals surface area contributed by atoms with Crippen LogP contribution in [0.25, 0.3) is 0 Å². The number of amides is 1. The molecular weight excluding hydrogens is 392 g/mol. The van der Waals surface area contributed by atoms with Gasteiger partial charge >= 0.3 is 0 Å². The van der Waals surface area contributed by atoms with Gasteiger partial charge in [-0.05, 0) is 67.1 Å². The zero-order valence-corrected chi connectivity index (χ0v) is 17.0. The molecule has 5 nitrogen and oxygen atoms in total. The number of benzene rings is 2. The van der Waals surface area contributed by atoms with Crippen LogP contribution in [0.5, 0.6) is 0 Å². The molecule has 1 aliphatic heterocycles. The monoisotopic (exact) mass is 412 g/mol. The summed E-state index contributed by atoms with van der Waals surface area (Å²) >= 11 is 1.38. The average molecular weight is 413 g/mol. The number of hydrogen-bond acceptors (Lipinski definition) is 4. The molecule has 1 amide bonds. The Labute approximate surface area is 168 Å². The number of nitrogens with zero attached hydrogens (tertiary/aromatic N) is 1. The molecule has 0 saturated heterocycles. The third-order valence-corrected chi connectivity index (χ3v) is 7.46. The first-order valence-corrected chi connectivity index (χ1v) is 11.3. The van der Waals surface area contributed by atoms with Crippen LogP contribution >= 0.6 is 11.3 Å². The predicted molar refractivity (Wildman–Crippen MR) is 113 cm³/mol. The Bertz CT molecular complexity index is 1110. The smallest absolute Gasteiger partial charge is 0.265 e. The summed E-state index contributed by atoms with van der Waals surface area (Å²) in [4.78, 5) is 13.2. The number of fused-ring (bicyclic) bond motifs is 1. The van der Waals surface area contributed by atoms with E-state index in [1.807, 2.05) is 24.4 Å². The van der Waals surface area contributed by atoms with Crippen LogP contribution < -0.4 is 9.62 Å². The van der Waals surface area contributed by atoms with Crippen LogP contribution in [0.4, 0.5) is 11.4 Å². The number of nitrogens with one attached hydrogen (secondary N) is 1. The number of sulfonamides is 1. The second-order valence-corrected chi connectivity index (χ2v) is 9.58. The molecule has 1 aliphatic rings. The van der Waals surface area contributed by atoms with Gasteiger partial charge < -0.3 is 5.32 Å². The molecule has 0 radical (unpaired) electrons. The third-order valence-electron chi connectivity index (χ3n) is 4.77. The number of rotatable bonds is 4. The lowest BCUT2D eigenvalue weighted by Crippen LogP contribution is -2.35. The molecule has 0 aliphatic carbocycles. The van der Waals surface area contributed by atoms with Gasteiger partial charge in [-0.15, -0.1) is 11.3 Å². The molecule has 2 heterocycles. The first-order chi connectivity index (χ1) is 13.4. The first kappa shape index (κ1) is 18.7. The van der Waals surface area contributed by atoms with E-state index < -0.39 is 10.0 Å². The number of thiophene rings is 1. The molecular formula is C21H20N2O3S2. The number of aryl methyl sites for hydroxylation is 2. The molecule has 0 bridgehead atoms. The zero-order valence-electron chi connectivity index (χ0n) is 15.4. The van der Waals surface area contributed by atoms with Gasteiger partial charge in [-0.3, -0.25) is 9.10 Å². The van der Waals surface area contributed by atoms with Crippen LogP contribution in [-0.2, 0) is 16.4 Å². The Morgan fingerprint density at radius 3 is 2.61 bits per heavy atom. The molecule has 0 saturated carbocycles. The third kappa shape index (κ3) is 3.55. The highest BCUT2D eigenvalue weighted by Gasteiger charge is 2.29. The van der Waals surface area contributed by atoms with Gasteiger partial charge in [0.2, 0.25) is 0 Å². The maximum atomic E-state index is 13.1. The summed E-state index contributed by atoms with van der Waals surface area (Å²) in [5.74, 6) is -0.158. The molecule has 7 heteroatoms. The Kier molecular flexibility index (Phi) is 4.95. The summed E-state index contributed by atoms with van der Waals surface area (Å²) in [5.41, 5.74) is 3.29. The lowest BCUT2D eigenvalue weighted by Gasteiger charge is -2.31. The zero-order chi connectivity index (χ0) is 19.7. The number of hydrogen-bond donors (Lipinski definition) is 1. The first-order valence-electron chi connectivity index (χ1n) is 9.02. The predicted octanol–water partition coefficient (Wildman–Crippen LogP) is 4.45. The van der Waals surface area contributed by atoms with E-state index in [0.29, 0.717) is 27.7 Å². The molecule has 28 heavy (non-hydrogen) atoms. The van der Waals surface area contributed by atoms with Crippen molar-refractivity contribution in [3.05, 3.63) is 76.0 Å². The molecule has 0 spiro atoms. The van der Waals surface area contributed by atoms with Gasteiger partial charge in [0.05, 0.1) is 15.5 Å². The van der Waals surface area contributed by atoms with Crippen molar-refractivity contribution in [3.8, 4) is 0 Å².